The van der Waals surface area contributed by atoms with Crippen LogP contribution >= 0.6 is 0 Å². The highest BCUT2D eigenvalue weighted by molar-refractivity contribution is 6.74. The van der Waals surface area contributed by atoms with Gasteiger partial charge in [-0.3, -0.25) is 9.59 Å². The molecule has 0 aromatic heterocycles. The van der Waals surface area contributed by atoms with Crippen LogP contribution < -0.4 is 0 Å². The van der Waals surface area contributed by atoms with Crippen molar-refractivity contribution in [1.82, 2.24) is 4.90 Å². The quantitative estimate of drug-likeness (QED) is 0.206. The summed E-state index contributed by atoms with van der Waals surface area (Å²) >= 11 is 0. The van der Waals surface area contributed by atoms with Gasteiger partial charge in [0.05, 0.1) is 26.9 Å². The van der Waals surface area contributed by atoms with Crippen molar-refractivity contribution in [2.24, 2.45) is 5.92 Å². The third-order valence-electron chi connectivity index (χ3n) is 5.51. The first-order valence-electron chi connectivity index (χ1n) is 10.8. The number of hydrogen-bond acceptors (Lipinski definition) is 7. The standard InChI is InChI=1S/C22H43NO7Si/c1-16(15-29-31(10,11)22(5,6)7)23(20(26)30-21(2,3)4)14-12-13-17(18(24)27-8)19(25)28-9/h16-17H,12-15H2,1-11H3/t16-/m0/s1. The molecule has 0 rings (SSSR count). The van der Waals surface area contributed by atoms with E-state index in [2.05, 4.69) is 33.9 Å². The van der Waals surface area contributed by atoms with Crippen LogP contribution in [0.3, 0.4) is 0 Å². The van der Waals surface area contributed by atoms with Crippen molar-refractivity contribution < 1.29 is 33.0 Å². The summed E-state index contributed by atoms with van der Waals surface area (Å²) in [6.45, 7) is 18.8. The van der Waals surface area contributed by atoms with Crippen molar-refractivity contribution in [2.45, 2.75) is 91.1 Å². The summed E-state index contributed by atoms with van der Waals surface area (Å²) in [5.74, 6) is -2.32. The van der Waals surface area contributed by atoms with E-state index in [1.54, 1.807) is 4.90 Å². The van der Waals surface area contributed by atoms with Gasteiger partial charge in [0.2, 0.25) is 0 Å². The third kappa shape index (κ3) is 10.0. The van der Waals surface area contributed by atoms with Crippen LogP contribution in [0.25, 0.3) is 0 Å². The average Bonchev–Trinajstić information content (AvgIpc) is 2.62. The van der Waals surface area contributed by atoms with E-state index in [4.69, 9.17) is 18.6 Å². The van der Waals surface area contributed by atoms with Gasteiger partial charge in [0.1, 0.15) is 5.60 Å². The molecule has 0 unspecified atom stereocenters. The van der Waals surface area contributed by atoms with Crippen LogP contribution in [0.1, 0.15) is 61.3 Å². The maximum Gasteiger partial charge on any atom is 0.410 e. The number of amides is 1. The maximum absolute atomic E-state index is 12.9. The van der Waals surface area contributed by atoms with E-state index >= 15 is 0 Å². The summed E-state index contributed by atoms with van der Waals surface area (Å²) in [4.78, 5) is 38.3. The number of methoxy groups -OCH3 is 2. The van der Waals surface area contributed by atoms with Crippen LogP contribution in [0.5, 0.6) is 0 Å². The highest BCUT2D eigenvalue weighted by atomic mass is 28.4. The van der Waals surface area contributed by atoms with Crippen molar-refractivity contribution in [3.05, 3.63) is 0 Å². The number of nitrogens with zero attached hydrogens (tertiary/aromatic N) is 1. The lowest BCUT2D eigenvalue weighted by atomic mass is 10.0. The molecule has 0 aromatic rings. The van der Waals surface area contributed by atoms with Gasteiger partial charge in [-0.2, -0.15) is 0 Å². The summed E-state index contributed by atoms with van der Waals surface area (Å²) in [6, 6.07) is -0.237. The fraction of sp³-hybridized carbons (Fsp3) is 0.864. The Balaban J connectivity index is 5.32. The van der Waals surface area contributed by atoms with Gasteiger partial charge in [0, 0.05) is 6.54 Å². The molecule has 8 nitrogen and oxygen atoms in total. The van der Waals surface area contributed by atoms with Gasteiger partial charge < -0.3 is 23.5 Å². The molecule has 0 bridgehead atoms. The van der Waals surface area contributed by atoms with E-state index in [-0.39, 0.29) is 17.5 Å². The molecule has 0 aliphatic carbocycles. The predicted octanol–water partition coefficient (Wildman–Crippen LogP) is 4.38. The number of carbonyl (C=O) groups excluding carboxylic acids is 3. The Morgan fingerprint density at radius 2 is 1.42 bits per heavy atom. The van der Waals surface area contributed by atoms with E-state index in [0.717, 1.165) is 0 Å². The highest BCUT2D eigenvalue weighted by Crippen LogP contribution is 2.36. The lowest BCUT2D eigenvalue weighted by Crippen LogP contribution is -2.48. The first-order chi connectivity index (χ1) is 14.0. The Kier molecular flexibility index (Phi) is 11.2. The SMILES string of the molecule is COC(=O)C(CCCN(C(=O)OC(C)(C)C)[C@@H](C)CO[Si](C)(C)C(C)(C)C)C(=O)OC. The second kappa shape index (κ2) is 11.9. The molecule has 0 radical (unpaired) electrons. The summed E-state index contributed by atoms with van der Waals surface area (Å²) in [5, 5.41) is 0.0533. The van der Waals surface area contributed by atoms with E-state index in [1.165, 1.54) is 14.2 Å². The Bertz CT molecular complexity index is 592. The molecule has 0 fully saturated rings. The Morgan fingerprint density at radius 3 is 1.81 bits per heavy atom. The zero-order chi connectivity index (χ0) is 24.6. The van der Waals surface area contributed by atoms with Gasteiger partial charge in [0.25, 0.3) is 0 Å². The van der Waals surface area contributed by atoms with Crippen LogP contribution in [0.4, 0.5) is 4.79 Å². The van der Waals surface area contributed by atoms with Crippen LogP contribution in [0, 0.1) is 5.92 Å². The Labute approximate surface area is 189 Å². The zero-order valence-electron chi connectivity index (χ0n) is 21.3. The molecule has 31 heavy (non-hydrogen) atoms. The van der Waals surface area contributed by atoms with Gasteiger partial charge in [-0.15, -0.1) is 0 Å². The summed E-state index contributed by atoms with van der Waals surface area (Å²) in [7, 11) is 0.470. The monoisotopic (exact) mass is 461 g/mol. The van der Waals surface area contributed by atoms with Gasteiger partial charge in [0.15, 0.2) is 14.2 Å². The molecule has 1 amide bonds. The average molecular weight is 462 g/mol. The van der Waals surface area contributed by atoms with E-state index in [0.29, 0.717) is 19.6 Å². The Hall–Kier alpha value is -1.61. The molecule has 0 spiro atoms. The van der Waals surface area contributed by atoms with Gasteiger partial charge in [-0.05, 0) is 58.7 Å². The summed E-state index contributed by atoms with van der Waals surface area (Å²) < 4.78 is 21.3. The Morgan fingerprint density at radius 1 is 0.935 bits per heavy atom. The second-order valence-electron chi connectivity index (χ2n) is 10.3. The molecule has 0 saturated heterocycles. The molecule has 0 aromatic carbocycles. The fourth-order valence-corrected chi connectivity index (χ4v) is 3.62. The minimum Gasteiger partial charge on any atom is -0.468 e. The smallest absolute Gasteiger partial charge is 0.410 e. The van der Waals surface area contributed by atoms with Crippen molar-refractivity contribution in [2.75, 3.05) is 27.4 Å². The molecule has 0 aliphatic heterocycles. The van der Waals surface area contributed by atoms with Crippen molar-refractivity contribution in [3.8, 4) is 0 Å². The number of carbonyl (C=O) groups is 3. The van der Waals surface area contributed by atoms with Gasteiger partial charge in [-0.25, -0.2) is 4.79 Å². The minimum atomic E-state index is -1.99. The first-order valence-corrected chi connectivity index (χ1v) is 13.7. The van der Waals surface area contributed by atoms with E-state index in [9.17, 15) is 14.4 Å². The normalized spacial score (nSPS) is 13.5. The topological polar surface area (TPSA) is 91.4 Å². The molecule has 182 valence electrons. The third-order valence-corrected chi connectivity index (χ3v) is 10.0. The van der Waals surface area contributed by atoms with Crippen molar-refractivity contribution >= 4 is 26.3 Å². The number of hydrogen-bond donors (Lipinski definition) is 0. The highest BCUT2D eigenvalue weighted by Gasteiger charge is 2.38. The molecule has 9 heteroatoms. The zero-order valence-corrected chi connectivity index (χ0v) is 22.3. The fourth-order valence-electron chi connectivity index (χ4n) is 2.53. The molecule has 0 N–H and O–H groups in total. The molecule has 0 saturated carbocycles. The van der Waals surface area contributed by atoms with E-state index in [1.807, 2.05) is 27.7 Å². The molecule has 0 heterocycles. The molecule has 0 aliphatic rings. The lowest BCUT2D eigenvalue weighted by Gasteiger charge is -2.39. The maximum atomic E-state index is 12.9. The van der Waals surface area contributed by atoms with Crippen LogP contribution in [-0.2, 0) is 28.2 Å². The van der Waals surface area contributed by atoms with E-state index < -0.39 is 37.9 Å². The molecular weight excluding hydrogens is 418 g/mol. The summed E-state index contributed by atoms with van der Waals surface area (Å²) in [6.07, 6.45) is 0.152. The number of esters is 2. The van der Waals surface area contributed by atoms with Crippen LogP contribution in [0.2, 0.25) is 18.1 Å². The first kappa shape index (κ1) is 29.4. The number of ether oxygens (including phenoxy) is 3. The molecule has 1 atom stereocenters. The summed E-state index contributed by atoms with van der Waals surface area (Å²) in [5.41, 5.74) is -0.643. The van der Waals surface area contributed by atoms with Crippen molar-refractivity contribution in [3.63, 3.8) is 0 Å². The molecular formula is C22H43NO7Si. The lowest BCUT2D eigenvalue weighted by molar-refractivity contribution is -0.159. The van der Waals surface area contributed by atoms with Crippen LogP contribution in [-0.4, -0.2) is 70.3 Å². The predicted molar refractivity (Wildman–Crippen MR) is 122 cm³/mol. The van der Waals surface area contributed by atoms with Gasteiger partial charge >= 0.3 is 18.0 Å². The minimum absolute atomic E-state index is 0.0533. The van der Waals surface area contributed by atoms with Gasteiger partial charge in [-0.1, -0.05) is 20.8 Å². The van der Waals surface area contributed by atoms with Crippen molar-refractivity contribution in [1.29, 1.82) is 0 Å². The van der Waals surface area contributed by atoms with Crippen LogP contribution in [0.15, 0.2) is 0 Å². The second-order valence-corrected chi connectivity index (χ2v) is 15.1. The largest absolute Gasteiger partial charge is 0.468 e. The number of rotatable bonds is 10.